The van der Waals surface area contributed by atoms with Crippen molar-refractivity contribution in [3.8, 4) is 0 Å². The van der Waals surface area contributed by atoms with Crippen LogP contribution >= 0.6 is 0 Å². The second-order valence-corrected chi connectivity index (χ2v) is 9.25. The number of alkyl halides is 6. The van der Waals surface area contributed by atoms with Gasteiger partial charge in [0.2, 0.25) is 0 Å². The van der Waals surface area contributed by atoms with Gasteiger partial charge in [-0.1, -0.05) is 32.9 Å². The van der Waals surface area contributed by atoms with E-state index in [0.717, 1.165) is 18.9 Å². The molecule has 0 saturated carbocycles. The fraction of sp³-hybridized carbons (Fsp3) is 0.591. The van der Waals surface area contributed by atoms with Gasteiger partial charge in [0, 0.05) is 11.9 Å². The molecule has 0 bridgehead atoms. The summed E-state index contributed by atoms with van der Waals surface area (Å²) in [5, 5.41) is 10.6. The van der Waals surface area contributed by atoms with Gasteiger partial charge in [-0.05, 0) is 55.0 Å². The number of para-hydroxylation sites is 1. The number of rotatable bonds is 3. The lowest BCUT2D eigenvalue weighted by Gasteiger charge is -2.39. The first-order valence-electron chi connectivity index (χ1n) is 10.2. The predicted molar refractivity (Wildman–Crippen MR) is 105 cm³/mol. The Bertz CT molecular complexity index is 924. The monoisotopic (exact) mass is 448 g/mol. The molecule has 1 fully saturated rings. The van der Waals surface area contributed by atoms with Gasteiger partial charge < -0.3 is 10.0 Å². The number of piperidine rings is 1. The molecule has 0 radical (unpaired) electrons. The van der Waals surface area contributed by atoms with Crippen molar-refractivity contribution in [2.45, 2.75) is 52.1 Å². The van der Waals surface area contributed by atoms with Crippen molar-refractivity contribution in [2.75, 3.05) is 19.6 Å². The van der Waals surface area contributed by atoms with E-state index in [9.17, 15) is 31.4 Å². The van der Waals surface area contributed by atoms with Crippen LogP contribution in [0.4, 0.5) is 26.3 Å². The van der Waals surface area contributed by atoms with Crippen molar-refractivity contribution >= 4 is 10.9 Å². The molecule has 1 aromatic heterocycles. The average Bonchev–Trinajstić information content (AvgIpc) is 2.64. The Hall–Kier alpha value is -1.87. The van der Waals surface area contributed by atoms with Crippen molar-refractivity contribution in [1.82, 2.24) is 9.88 Å². The molecule has 2 heterocycles. The van der Waals surface area contributed by atoms with Gasteiger partial charge >= 0.3 is 12.4 Å². The summed E-state index contributed by atoms with van der Waals surface area (Å²) in [5.41, 5.74) is -3.55. The molecule has 9 heteroatoms. The second kappa shape index (κ2) is 8.24. The molecule has 172 valence electrons. The highest BCUT2D eigenvalue weighted by Gasteiger charge is 2.38. The summed E-state index contributed by atoms with van der Waals surface area (Å²) in [5.74, 6) is 0.494. The lowest BCUT2D eigenvalue weighted by molar-refractivity contribution is -0.142. The Morgan fingerprint density at radius 1 is 1.03 bits per heavy atom. The van der Waals surface area contributed by atoms with E-state index in [1.54, 1.807) is 0 Å². The van der Waals surface area contributed by atoms with Crippen LogP contribution in [0, 0.1) is 11.3 Å². The van der Waals surface area contributed by atoms with Crippen LogP contribution in [0.2, 0.25) is 0 Å². The Morgan fingerprint density at radius 2 is 1.65 bits per heavy atom. The van der Waals surface area contributed by atoms with Gasteiger partial charge in [-0.3, -0.25) is 0 Å². The Kier molecular flexibility index (Phi) is 6.32. The lowest BCUT2D eigenvalue weighted by atomic mass is 9.75. The zero-order valence-electron chi connectivity index (χ0n) is 17.6. The molecule has 1 aliphatic heterocycles. The van der Waals surface area contributed by atoms with E-state index in [0.29, 0.717) is 31.1 Å². The number of β-amino-alcohol motifs (C(OH)–C–C–N with tert-alkyl or cyclic N) is 1. The van der Waals surface area contributed by atoms with Gasteiger partial charge in [-0.25, -0.2) is 4.98 Å². The summed E-state index contributed by atoms with van der Waals surface area (Å²) in [7, 11) is 0. The molecule has 1 aliphatic rings. The maximum Gasteiger partial charge on any atom is 0.433 e. The van der Waals surface area contributed by atoms with Crippen LogP contribution in [0.1, 0.15) is 56.5 Å². The topological polar surface area (TPSA) is 36.4 Å². The predicted octanol–water partition coefficient (Wildman–Crippen LogP) is 6.06. The molecule has 1 atom stereocenters. The number of aliphatic hydroxyl groups is 1. The zero-order chi connectivity index (χ0) is 23.2. The Balaban J connectivity index is 1.95. The number of nitrogens with zero attached hydrogens (tertiary/aromatic N) is 2. The van der Waals surface area contributed by atoms with Gasteiger partial charge in [0.25, 0.3) is 0 Å². The van der Waals surface area contributed by atoms with Crippen LogP contribution in [0.25, 0.3) is 10.9 Å². The Labute approximate surface area is 177 Å². The third kappa shape index (κ3) is 5.31. The maximum atomic E-state index is 13.4. The lowest BCUT2D eigenvalue weighted by Crippen LogP contribution is -2.40. The smallest absolute Gasteiger partial charge is 0.387 e. The van der Waals surface area contributed by atoms with Crippen LogP contribution in [0.5, 0.6) is 0 Å². The van der Waals surface area contributed by atoms with E-state index in [1.807, 2.05) is 4.90 Å². The fourth-order valence-electron chi connectivity index (χ4n) is 4.25. The highest BCUT2D eigenvalue weighted by molar-refractivity contribution is 5.86. The molecule has 0 aliphatic carbocycles. The first kappa shape index (κ1) is 23.8. The standard InChI is InChI=1S/C22H26F6N2O/c1-20(2,3)13-7-9-30(10-8-13)12-17(31)15-11-18(22(26,27)28)29-19-14(15)5-4-6-16(19)21(23,24)25/h4-6,11,13,17,31H,7-10,12H2,1-3H3. The molecular formula is C22H26F6N2O. The summed E-state index contributed by atoms with van der Waals surface area (Å²) in [4.78, 5) is 5.21. The number of benzene rings is 1. The number of hydrogen-bond donors (Lipinski definition) is 1. The number of halogens is 6. The van der Waals surface area contributed by atoms with Crippen LogP contribution in [0.15, 0.2) is 24.3 Å². The Morgan fingerprint density at radius 3 is 2.16 bits per heavy atom. The highest BCUT2D eigenvalue weighted by atomic mass is 19.4. The van der Waals surface area contributed by atoms with Crippen LogP contribution < -0.4 is 0 Å². The molecule has 1 N–H and O–H groups in total. The van der Waals surface area contributed by atoms with Crippen molar-refractivity contribution < 1.29 is 31.4 Å². The van der Waals surface area contributed by atoms with E-state index < -0.39 is 35.2 Å². The first-order valence-corrected chi connectivity index (χ1v) is 10.2. The van der Waals surface area contributed by atoms with E-state index in [-0.39, 0.29) is 22.9 Å². The average molecular weight is 448 g/mol. The molecule has 1 aromatic carbocycles. The zero-order valence-corrected chi connectivity index (χ0v) is 17.6. The maximum absolute atomic E-state index is 13.4. The van der Waals surface area contributed by atoms with Gasteiger partial charge in [0.1, 0.15) is 5.69 Å². The van der Waals surface area contributed by atoms with Crippen LogP contribution in [-0.2, 0) is 12.4 Å². The van der Waals surface area contributed by atoms with Gasteiger partial charge in [-0.15, -0.1) is 0 Å². The molecular weight excluding hydrogens is 422 g/mol. The minimum absolute atomic E-state index is 0.0452. The van der Waals surface area contributed by atoms with Crippen molar-refractivity contribution in [1.29, 1.82) is 0 Å². The minimum Gasteiger partial charge on any atom is -0.387 e. The van der Waals surface area contributed by atoms with E-state index in [2.05, 4.69) is 25.8 Å². The number of pyridine rings is 1. The number of aliphatic hydroxyl groups excluding tert-OH is 1. The number of likely N-dealkylation sites (tertiary alicyclic amines) is 1. The third-order valence-corrected chi connectivity index (χ3v) is 6.07. The van der Waals surface area contributed by atoms with Crippen LogP contribution in [0.3, 0.4) is 0 Å². The summed E-state index contributed by atoms with van der Waals surface area (Å²) in [6, 6.07) is 3.74. The first-order chi connectivity index (χ1) is 14.2. The summed E-state index contributed by atoms with van der Waals surface area (Å²) < 4.78 is 80.3. The molecule has 2 aromatic rings. The van der Waals surface area contributed by atoms with E-state index >= 15 is 0 Å². The number of hydrogen-bond acceptors (Lipinski definition) is 3. The van der Waals surface area contributed by atoms with Gasteiger partial charge in [-0.2, -0.15) is 26.3 Å². The van der Waals surface area contributed by atoms with Crippen molar-refractivity contribution in [3.05, 3.63) is 41.1 Å². The molecule has 0 amide bonds. The van der Waals surface area contributed by atoms with E-state index in [1.165, 1.54) is 6.07 Å². The van der Waals surface area contributed by atoms with Gasteiger partial charge in [0.05, 0.1) is 17.2 Å². The van der Waals surface area contributed by atoms with Crippen molar-refractivity contribution in [3.63, 3.8) is 0 Å². The number of fused-ring (bicyclic) bond motifs is 1. The third-order valence-electron chi connectivity index (χ3n) is 6.07. The van der Waals surface area contributed by atoms with E-state index in [4.69, 9.17) is 0 Å². The van der Waals surface area contributed by atoms with Crippen molar-refractivity contribution in [2.24, 2.45) is 11.3 Å². The molecule has 3 rings (SSSR count). The molecule has 1 unspecified atom stereocenters. The molecule has 3 nitrogen and oxygen atoms in total. The normalized spacial score (nSPS) is 18.5. The van der Waals surface area contributed by atoms with Crippen LogP contribution in [-0.4, -0.2) is 34.6 Å². The number of aromatic nitrogens is 1. The minimum atomic E-state index is -4.94. The second-order valence-electron chi connectivity index (χ2n) is 9.25. The van der Waals surface area contributed by atoms with Gasteiger partial charge in [0.15, 0.2) is 0 Å². The summed E-state index contributed by atoms with van der Waals surface area (Å²) in [6.07, 6.45) is -9.40. The molecule has 1 saturated heterocycles. The SMILES string of the molecule is CC(C)(C)C1CCN(CC(O)c2cc(C(F)(F)F)nc3c(C(F)(F)F)cccc23)CC1. The summed E-state index contributed by atoms with van der Waals surface area (Å²) >= 11 is 0. The molecule has 0 spiro atoms. The summed E-state index contributed by atoms with van der Waals surface area (Å²) in [6.45, 7) is 7.85. The largest absolute Gasteiger partial charge is 0.433 e. The molecule has 31 heavy (non-hydrogen) atoms. The quantitative estimate of drug-likeness (QED) is 0.580. The fourth-order valence-corrected chi connectivity index (χ4v) is 4.25. The highest BCUT2D eigenvalue weighted by Crippen LogP contribution is 2.39.